The number of nitrogens with zero attached hydrogens (tertiary/aromatic N) is 2. The molecule has 0 radical (unpaired) electrons. The summed E-state index contributed by atoms with van der Waals surface area (Å²) in [6.45, 7) is 2.48. The molecule has 5 heteroatoms. The Morgan fingerprint density at radius 3 is 2.68 bits per heavy atom. The molecular weight excluding hydrogens is 389 g/mol. The van der Waals surface area contributed by atoms with Gasteiger partial charge in [-0.15, -0.1) is 24.0 Å². The quantitative estimate of drug-likeness (QED) is 0.305. The fourth-order valence-electron chi connectivity index (χ4n) is 2.31. The Morgan fingerprint density at radius 1 is 1.32 bits per heavy atom. The van der Waals surface area contributed by atoms with E-state index in [1.165, 1.54) is 25.7 Å². The molecule has 22 heavy (non-hydrogen) atoms. The second-order valence-corrected chi connectivity index (χ2v) is 5.64. The molecule has 0 aromatic heterocycles. The largest absolute Gasteiger partial charge is 0.492 e. The molecular formula is C17H28IN3O. The highest BCUT2D eigenvalue weighted by Gasteiger charge is 2.20. The zero-order valence-electron chi connectivity index (χ0n) is 13.6. The van der Waals surface area contributed by atoms with Crippen LogP contribution in [0.2, 0.25) is 0 Å². The number of likely N-dealkylation sites (N-methyl/N-ethyl adjacent to an activating group) is 1. The van der Waals surface area contributed by atoms with Crippen molar-refractivity contribution in [3.8, 4) is 5.75 Å². The lowest BCUT2D eigenvalue weighted by Gasteiger charge is -2.22. The average molecular weight is 417 g/mol. The summed E-state index contributed by atoms with van der Waals surface area (Å²) in [7, 11) is 3.88. The molecule has 1 N–H and O–H groups in total. The van der Waals surface area contributed by atoms with E-state index in [0.29, 0.717) is 6.61 Å². The third kappa shape index (κ3) is 7.33. The van der Waals surface area contributed by atoms with E-state index in [2.05, 4.69) is 15.2 Å². The van der Waals surface area contributed by atoms with Gasteiger partial charge in [0.1, 0.15) is 12.4 Å². The smallest absolute Gasteiger partial charge is 0.193 e. The molecule has 1 aliphatic rings. The summed E-state index contributed by atoms with van der Waals surface area (Å²) < 4.78 is 5.71. The minimum Gasteiger partial charge on any atom is -0.492 e. The van der Waals surface area contributed by atoms with Crippen LogP contribution < -0.4 is 10.1 Å². The van der Waals surface area contributed by atoms with E-state index in [-0.39, 0.29) is 24.0 Å². The third-order valence-electron chi connectivity index (χ3n) is 3.78. The lowest BCUT2D eigenvalue weighted by Crippen LogP contribution is -2.41. The number of benzene rings is 1. The van der Waals surface area contributed by atoms with Crippen molar-refractivity contribution < 1.29 is 4.74 Å². The van der Waals surface area contributed by atoms with Gasteiger partial charge in [0, 0.05) is 20.6 Å². The first kappa shape index (κ1) is 19.1. The molecule has 124 valence electrons. The van der Waals surface area contributed by atoms with Crippen molar-refractivity contribution in [1.29, 1.82) is 0 Å². The maximum atomic E-state index is 5.71. The Labute approximate surface area is 151 Å². The SMILES string of the molecule is CN=C(NCCCC1CC1)N(C)CCOc1ccccc1.I. The van der Waals surface area contributed by atoms with Crippen LogP contribution in [0.5, 0.6) is 5.75 Å². The number of nitrogens with one attached hydrogen (secondary N) is 1. The molecule has 0 saturated heterocycles. The maximum absolute atomic E-state index is 5.71. The molecule has 4 nitrogen and oxygen atoms in total. The first-order valence-corrected chi connectivity index (χ1v) is 7.89. The summed E-state index contributed by atoms with van der Waals surface area (Å²) in [5.41, 5.74) is 0. The van der Waals surface area contributed by atoms with Gasteiger partial charge in [-0.2, -0.15) is 0 Å². The Bertz CT molecular complexity index is 435. The summed E-state index contributed by atoms with van der Waals surface area (Å²) in [5.74, 6) is 2.87. The standard InChI is InChI=1S/C17H27N3O.HI/c1-18-17(19-12-6-7-15-10-11-15)20(2)13-14-21-16-8-4-3-5-9-16;/h3-5,8-9,15H,6-7,10-14H2,1-2H3,(H,18,19);1H. The highest BCUT2D eigenvalue weighted by molar-refractivity contribution is 14.0. The number of hydrogen-bond acceptors (Lipinski definition) is 2. The Morgan fingerprint density at radius 2 is 2.05 bits per heavy atom. The molecule has 1 aromatic rings. The van der Waals surface area contributed by atoms with Gasteiger partial charge in [-0.1, -0.05) is 31.0 Å². The Balaban J connectivity index is 0.00000242. The molecule has 1 aliphatic carbocycles. The number of para-hydroxylation sites is 1. The molecule has 0 bridgehead atoms. The van der Waals surface area contributed by atoms with Crippen LogP contribution in [0.3, 0.4) is 0 Å². The average Bonchev–Trinajstić information content (AvgIpc) is 3.32. The van der Waals surface area contributed by atoms with Crippen LogP contribution in [-0.4, -0.2) is 44.7 Å². The second-order valence-electron chi connectivity index (χ2n) is 5.64. The predicted octanol–water partition coefficient (Wildman–Crippen LogP) is 3.38. The fraction of sp³-hybridized carbons (Fsp3) is 0.588. The molecule has 0 aliphatic heterocycles. The Kier molecular flexibility index (Phi) is 9.27. The van der Waals surface area contributed by atoms with Crippen molar-refractivity contribution in [2.75, 3.05) is 33.8 Å². The number of halogens is 1. The zero-order chi connectivity index (χ0) is 14.9. The van der Waals surface area contributed by atoms with Crippen molar-refractivity contribution in [2.24, 2.45) is 10.9 Å². The number of rotatable bonds is 8. The van der Waals surface area contributed by atoms with Crippen LogP contribution in [0, 0.1) is 5.92 Å². The van der Waals surface area contributed by atoms with Crippen molar-refractivity contribution >= 4 is 29.9 Å². The minimum atomic E-state index is 0. The molecule has 1 fully saturated rings. The Hall–Kier alpha value is -0.980. The van der Waals surface area contributed by atoms with Gasteiger partial charge < -0.3 is 15.0 Å². The van der Waals surface area contributed by atoms with Gasteiger partial charge in [-0.05, 0) is 30.9 Å². The summed E-state index contributed by atoms with van der Waals surface area (Å²) in [6.07, 6.45) is 5.46. The normalized spacial score (nSPS) is 14.2. The van der Waals surface area contributed by atoms with Crippen molar-refractivity contribution in [3.63, 3.8) is 0 Å². The molecule has 0 heterocycles. The fourth-order valence-corrected chi connectivity index (χ4v) is 2.31. The first-order chi connectivity index (χ1) is 10.3. The molecule has 2 rings (SSSR count). The minimum absolute atomic E-state index is 0. The number of aliphatic imine (C=N–C) groups is 1. The molecule has 0 unspecified atom stereocenters. The van der Waals surface area contributed by atoms with Gasteiger partial charge in [-0.3, -0.25) is 4.99 Å². The van der Waals surface area contributed by atoms with Gasteiger partial charge in [0.15, 0.2) is 5.96 Å². The van der Waals surface area contributed by atoms with Crippen molar-refractivity contribution in [3.05, 3.63) is 30.3 Å². The van der Waals surface area contributed by atoms with Crippen LogP contribution in [0.1, 0.15) is 25.7 Å². The molecule has 0 spiro atoms. The van der Waals surface area contributed by atoms with Crippen LogP contribution in [-0.2, 0) is 0 Å². The van der Waals surface area contributed by atoms with Crippen molar-refractivity contribution in [2.45, 2.75) is 25.7 Å². The predicted molar refractivity (Wildman–Crippen MR) is 103 cm³/mol. The van der Waals surface area contributed by atoms with Gasteiger partial charge in [-0.25, -0.2) is 0 Å². The molecule has 0 amide bonds. The molecule has 1 aromatic carbocycles. The molecule has 1 saturated carbocycles. The van der Waals surface area contributed by atoms with Crippen LogP contribution in [0.15, 0.2) is 35.3 Å². The lowest BCUT2D eigenvalue weighted by molar-refractivity contribution is 0.281. The third-order valence-corrected chi connectivity index (χ3v) is 3.78. The van der Waals surface area contributed by atoms with E-state index in [0.717, 1.165) is 30.7 Å². The number of hydrogen-bond donors (Lipinski definition) is 1. The number of ether oxygens (including phenoxy) is 1. The van der Waals surface area contributed by atoms with Gasteiger partial charge in [0.25, 0.3) is 0 Å². The highest BCUT2D eigenvalue weighted by Crippen LogP contribution is 2.33. The first-order valence-electron chi connectivity index (χ1n) is 7.89. The molecule has 0 atom stereocenters. The van der Waals surface area contributed by atoms with Crippen LogP contribution in [0.25, 0.3) is 0 Å². The summed E-state index contributed by atoms with van der Waals surface area (Å²) >= 11 is 0. The van der Waals surface area contributed by atoms with Crippen molar-refractivity contribution in [1.82, 2.24) is 10.2 Å². The van der Waals surface area contributed by atoms with E-state index >= 15 is 0 Å². The van der Waals surface area contributed by atoms with E-state index in [9.17, 15) is 0 Å². The highest BCUT2D eigenvalue weighted by atomic mass is 127. The van der Waals surface area contributed by atoms with E-state index in [1.54, 1.807) is 0 Å². The van der Waals surface area contributed by atoms with E-state index in [1.807, 2.05) is 44.4 Å². The van der Waals surface area contributed by atoms with Crippen LogP contribution in [0.4, 0.5) is 0 Å². The summed E-state index contributed by atoms with van der Waals surface area (Å²) in [6, 6.07) is 9.92. The van der Waals surface area contributed by atoms with Gasteiger partial charge >= 0.3 is 0 Å². The monoisotopic (exact) mass is 417 g/mol. The van der Waals surface area contributed by atoms with Gasteiger partial charge in [0.05, 0.1) is 6.54 Å². The van der Waals surface area contributed by atoms with E-state index in [4.69, 9.17) is 4.74 Å². The summed E-state index contributed by atoms with van der Waals surface area (Å²) in [5, 5.41) is 3.42. The van der Waals surface area contributed by atoms with Gasteiger partial charge in [0.2, 0.25) is 0 Å². The van der Waals surface area contributed by atoms with E-state index < -0.39 is 0 Å². The topological polar surface area (TPSA) is 36.9 Å². The lowest BCUT2D eigenvalue weighted by atomic mass is 10.2. The second kappa shape index (κ2) is 10.7. The summed E-state index contributed by atoms with van der Waals surface area (Å²) in [4.78, 5) is 6.43. The number of guanidine groups is 1. The maximum Gasteiger partial charge on any atom is 0.193 e. The van der Waals surface area contributed by atoms with Crippen LogP contribution >= 0.6 is 24.0 Å². The zero-order valence-corrected chi connectivity index (χ0v) is 16.0.